The van der Waals surface area contributed by atoms with E-state index in [1.54, 1.807) is 11.0 Å². The van der Waals surface area contributed by atoms with E-state index in [0.717, 1.165) is 5.56 Å². The minimum atomic E-state index is -1.30. The fourth-order valence-electron chi connectivity index (χ4n) is 4.12. The molecule has 2 fully saturated rings. The second-order valence-corrected chi connectivity index (χ2v) is 7.93. The summed E-state index contributed by atoms with van der Waals surface area (Å²) in [7, 11) is 0. The van der Waals surface area contributed by atoms with Crippen LogP contribution < -0.4 is 0 Å². The standard InChI is InChI=1S/C22H24FNO4.H2/c1-21(2,26)17-9-8-15(12-18(17)23)20(25)24-11-10-22(16-6-4-3-5-7-16)19(13-24)27-14-28-22;/h3-9,12,19,26H,10-11,13-14H2,1-2H3;1H. The van der Waals surface area contributed by atoms with Crippen molar-refractivity contribution in [1.82, 2.24) is 4.90 Å². The lowest BCUT2D eigenvalue weighted by Gasteiger charge is -2.42. The van der Waals surface area contributed by atoms with Gasteiger partial charge in [-0.3, -0.25) is 4.79 Å². The molecule has 2 unspecified atom stereocenters. The van der Waals surface area contributed by atoms with Gasteiger partial charge in [-0.05, 0) is 31.5 Å². The lowest BCUT2D eigenvalue weighted by Crippen LogP contribution is -2.53. The van der Waals surface area contributed by atoms with Crippen molar-refractivity contribution in [2.45, 2.75) is 37.6 Å². The van der Waals surface area contributed by atoms with Gasteiger partial charge in [0, 0.05) is 25.5 Å². The molecule has 4 rings (SSSR count). The van der Waals surface area contributed by atoms with Crippen LogP contribution >= 0.6 is 0 Å². The van der Waals surface area contributed by atoms with Crippen molar-refractivity contribution in [2.24, 2.45) is 0 Å². The fourth-order valence-corrected chi connectivity index (χ4v) is 4.12. The Balaban J connectivity index is 0.00000240. The largest absolute Gasteiger partial charge is 0.386 e. The first-order chi connectivity index (χ1) is 13.3. The van der Waals surface area contributed by atoms with Gasteiger partial charge in [0.05, 0.1) is 12.1 Å². The molecule has 150 valence electrons. The Hall–Kier alpha value is -2.28. The summed E-state index contributed by atoms with van der Waals surface area (Å²) in [6, 6.07) is 14.1. The zero-order valence-corrected chi connectivity index (χ0v) is 16.0. The molecule has 1 N–H and O–H groups in total. The molecule has 2 saturated heterocycles. The molecule has 0 radical (unpaired) electrons. The molecule has 2 aromatic rings. The van der Waals surface area contributed by atoms with E-state index < -0.39 is 17.0 Å². The number of aliphatic hydroxyl groups is 1. The number of ether oxygens (including phenoxy) is 2. The van der Waals surface area contributed by atoms with Crippen LogP contribution in [0.25, 0.3) is 0 Å². The van der Waals surface area contributed by atoms with Gasteiger partial charge in [-0.2, -0.15) is 0 Å². The minimum Gasteiger partial charge on any atom is -0.386 e. The van der Waals surface area contributed by atoms with E-state index in [1.165, 1.54) is 26.0 Å². The number of fused-ring (bicyclic) bond motifs is 1. The summed E-state index contributed by atoms with van der Waals surface area (Å²) in [4.78, 5) is 14.6. The first-order valence-electron chi connectivity index (χ1n) is 9.44. The lowest BCUT2D eigenvalue weighted by molar-refractivity contribution is -0.0439. The monoisotopic (exact) mass is 387 g/mol. The van der Waals surface area contributed by atoms with Crippen molar-refractivity contribution in [3.8, 4) is 0 Å². The SMILES string of the molecule is CC(C)(O)c1ccc(C(=O)N2CCC3(c4ccccc4)OCOC3C2)cc1F.[HH]. The number of benzene rings is 2. The van der Waals surface area contributed by atoms with E-state index in [-0.39, 0.29) is 31.4 Å². The first-order valence-corrected chi connectivity index (χ1v) is 9.44. The van der Waals surface area contributed by atoms with Crippen LogP contribution in [0.15, 0.2) is 48.5 Å². The summed E-state index contributed by atoms with van der Waals surface area (Å²) in [5.74, 6) is -0.840. The van der Waals surface area contributed by atoms with Crippen LogP contribution in [0.5, 0.6) is 0 Å². The highest BCUT2D eigenvalue weighted by Gasteiger charge is 2.51. The van der Waals surface area contributed by atoms with Gasteiger partial charge in [0.2, 0.25) is 0 Å². The summed E-state index contributed by atoms with van der Waals surface area (Å²) in [6.07, 6.45) is 0.339. The number of likely N-dealkylation sites (tertiary alicyclic amines) is 1. The third-order valence-electron chi connectivity index (χ3n) is 5.67. The number of piperidine rings is 1. The smallest absolute Gasteiger partial charge is 0.254 e. The normalized spacial score (nSPS) is 24.9. The molecular weight excluding hydrogens is 361 g/mol. The van der Waals surface area contributed by atoms with Gasteiger partial charge in [-0.15, -0.1) is 0 Å². The molecule has 2 atom stereocenters. The Bertz CT molecular complexity index is 886. The van der Waals surface area contributed by atoms with Crippen molar-refractivity contribution in [1.29, 1.82) is 0 Å². The summed E-state index contributed by atoms with van der Waals surface area (Å²) in [6.45, 7) is 4.08. The summed E-state index contributed by atoms with van der Waals surface area (Å²) < 4.78 is 26.2. The topological polar surface area (TPSA) is 59.0 Å². The van der Waals surface area contributed by atoms with Crippen LogP contribution in [0.2, 0.25) is 0 Å². The van der Waals surface area contributed by atoms with Crippen LogP contribution in [0.4, 0.5) is 4.39 Å². The molecule has 0 spiro atoms. The van der Waals surface area contributed by atoms with Crippen molar-refractivity contribution in [2.75, 3.05) is 19.9 Å². The predicted molar refractivity (Wildman–Crippen MR) is 103 cm³/mol. The molecule has 2 aromatic carbocycles. The quantitative estimate of drug-likeness (QED) is 0.877. The Labute approximate surface area is 165 Å². The van der Waals surface area contributed by atoms with E-state index in [9.17, 15) is 14.3 Å². The summed E-state index contributed by atoms with van der Waals surface area (Å²) >= 11 is 0. The molecule has 2 aliphatic heterocycles. The van der Waals surface area contributed by atoms with E-state index in [1.807, 2.05) is 30.3 Å². The lowest BCUT2D eigenvalue weighted by atomic mass is 9.82. The molecule has 0 aromatic heterocycles. The molecule has 0 bridgehead atoms. The van der Waals surface area contributed by atoms with Gasteiger partial charge < -0.3 is 19.5 Å². The van der Waals surface area contributed by atoms with Crippen LogP contribution in [0.1, 0.15) is 43.2 Å². The zero-order valence-electron chi connectivity index (χ0n) is 16.0. The van der Waals surface area contributed by atoms with Crippen molar-refractivity contribution < 1.29 is 25.2 Å². The van der Waals surface area contributed by atoms with Gasteiger partial charge in [0.25, 0.3) is 5.91 Å². The van der Waals surface area contributed by atoms with Crippen LogP contribution in [0.3, 0.4) is 0 Å². The number of hydrogen-bond acceptors (Lipinski definition) is 4. The van der Waals surface area contributed by atoms with Gasteiger partial charge in [-0.1, -0.05) is 36.4 Å². The van der Waals surface area contributed by atoms with E-state index in [0.29, 0.717) is 19.5 Å². The van der Waals surface area contributed by atoms with E-state index in [2.05, 4.69) is 0 Å². The van der Waals surface area contributed by atoms with Gasteiger partial charge in [-0.25, -0.2) is 4.39 Å². The maximum atomic E-state index is 14.4. The summed E-state index contributed by atoms with van der Waals surface area (Å²) in [5, 5.41) is 10.0. The van der Waals surface area contributed by atoms with E-state index in [4.69, 9.17) is 9.47 Å². The fraction of sp³-hybridized carbons (Fsp3) is 0.409. The molecule has 5 nitrogen and oxygen atoms in total. The average molecular weight is 387 g/mol. The highest BCUT2D eigenvalue weighted by atomic mass is 19.1. The third kappa shape index (κ3) is 3.21. The maximum absolute atomic E-state index is 14.4. The molecule has 6 heteroatoms. The molecule has 2 aliphatic rings. The van der Waals surface area contributed by atoms with Gasteiger partial charge >= 0.3 is 0 Å². The summed E-state index contributed by atoms with van der Waals surface area (Å²) in [5.41, 5.74) is -0.380. The number of carbonyl (C=O) groups excluding carboxylic acids is 1. The number of halogens is 1. The Morgan fingerprint density at radius 1 is 1.29 bits per heavy atom. The van der Waals surface area contributed by atoms with Crippen molar-refractivity contribution >= 4 is 5.91 Å². The number of carbonyl (C=O) groups is 1. The highest BCUT2D eigenvalue weighted by molar-refractivity contribution is 5.94. The molecule has 1 amide bonds. The molecule has 0 saturated carbocycles. The molecule has 2 heterocycles. The number of hydrogen-bond donors (Lipinski definition) is 1. The molecule has 0 aliphatic carbocycles. The third-order valence-corrected chi connectivity index (χ3v) is 5.67. The number of amides is 1. The molecule has 28 heavy (non-hydrogen) atoms. The number of rotatable bonds is 3. The van der Waals surface area contributed by atoms with Crippen molar-refractivity contribution in [3.05, 3.63) is 71.0 Å². The zero-order chi connectivity index (χ0) is 19.9. The van der Waals surface area contributed by atoms with E-state index >= 15 is 0 Å². The second-order valence-electron chi connectivity index (χ2n) is 7.93. The van der Waals surface area contributed by atoms with Crippen LogP contribution in [0, 0.1) is 5.82 Å². The maximum Gasteiger partial charge on any atom is 0.254 e. The Kier molecular flexibility index (Phi) is 4.73. The Morgan fingerprint density at radius 3 is 2.71 bits per heavy atom. The second kappa shape index (κ2) is 6.95. The van der Waals surface area contributed by atoms with Crippen LogP contribution in [-0.4, -0.2) is 41.9 Å². The van der Waals surface area contributed by atoms with Crippen LogP contribution in [-0.2, 0) is 20.7 Å². The average Bonchev–Trinajstić information content (AvgIpc) is 3.11. The number of nitrogens with zero attached hydrogens (tertiary/aromatic N) is 1. The van der Waals surface area contributed by atoms with Crippen molar-refractivity contribution in [3.63, 3.8) is 0 Å². The van der Waals surface area contributed by atoms with Gasteiger partial charge in [0.15, 0.2) is 0 Å². The molecular formula is C22H26FNO4. The highest BCUT2D eigenvalue weighted by Crippen LogP contribution is 2.42. The minimum absolute atomic E-state index is 0. The first kappa shape index (κ1) is 19.1. The van der Waals surface area contributed by atoms with Gasteiger partial charge in [0.1, 0.15) is 24.3 Å². The Morgan fingerprint density at radius 2 is 2.04 bits per heavy atom. The predicted octanol–water partition coefficient (Wildman–Crippen LogP) is 3.41.